The molecule has 1 aromatic heterocycles. The van der Waals surface area contributed by atoms with Crippen molar-refractivity contribution in [1.29, 1.82) is 0 Å². The van der Waals surface area contributed by atoms with E-state index in [1.165, 1.54) is 12.0 Å². The second kappa shape index (κ2) is 6.29. The van der Waals surface area contributed by atoms with E-state index in [0.717, 1.165) is 21.9 Å². The summed E-state index contributed by atoms with van der Waals surface area (Å²) in [5.74, 6) is 0.627. The molecular weight excluding hydrogens is 396 g/mol. The van der Waals surface area contributed by atoms with Crippen molar-refractivity contribution in [1.82, 2.24) is 9.97 Å². The Balaban J connectivity index is 2.20. The molecule has 0 aliphatic rings. The van der Waals surface area contributed by atoms with E-state index in [-0.39, 0.29) is 10.5 Å². The van der Waals surface area contributed by atoms with Gasteiger partial charge in [0, 0.05) is 9.30 Å². The molecule has 2 aromatic rings. The predicted molar refractivity (Wildman–Crippen MR) is 96.1 cm³/mol. The van der Waals surface area contributed by atoms with Gasteiger partial charge in [0.05, 0.1) is 11.0 Å². The number of halogens is 2. The zero-order valence-corrected chi connectivity index (χ0v) is 16.1. The first-order valence-corrected chi connectivity index (χ1v) is 8.92. The van der Waals surface area contributed by atoms with E-state index >= 15 is 0 Å². The molecule has 2 unspecified atom stereocenters. The molecule has 0 saturated heterocycles. The molecule has 21 heavy (non-hydrogen) atoms. The molecule has 2 atom stereocenters. The quantitative estimate of drug-likeness (QED) is 0.632. The Morgan fingerprint density at radius 1 is 1.19 bits per heavy atom. The minimum absolute atomic E-state index is 0.165. The van der Waals surface area contributed by atoms with Gasteiger partial charge in [-0.2, -0.15) is 0 Å². The standard InChI is InChI=1S/C16H22Br2N2O/c1-9(8-16(2,3)4)5-11(17)10-6-13-14(7-12(10)18)20-15(21)19-13/h6-7,9,11H,5,8H2,1-4H3,(H2,19,20,21). The van der Waals surface area contributed by atoms with Gasteiger partial charge >= 0.3 is 5.69 Å². The molecule has 3 nitrogen and oxygen atoms in total. The number of fused-ring (bicyclic) bond motifs is 1. The second-order valence-corrected chi connectivity index (χ2v) is 9.03. The number of nitrogens with one attached hydrogen (secondary N) is 2. The second-order valence-electron chi connectivity index (χ2n) is 7.07. The largest absolute Gasteiger partial charge is 0.323 e. The highest BCUT2D eigenvalue weighted by Crippen LogP contribution is 2.38. The Morgan fingerprint density at radius 3 is 2.33 bits per heavy atom. The SMILES string of the molecule is CC(CC(Br)c1cc2[nH]c(=O)[nH]c2cc1Br)CC(C)(C)C. The third kappa shape index (κ3) is 4.46. The van der Waals surface area contributed by atoms with E-state index in [1.807, 2.05) is 12.1 Å². The molecule has 0 fully saturated rings. The molecule has 2 N–H and O–H groups in total. The highest BCUT2D eigenvalue weighted by molar-refractivity contribution is 9.11. The van der Waals surface area contributed by atoms with E-state index < -0.39 is 0 Å². The highest BCUT2D eigenvalue weighted by Gasteiger charge is 2.20. The van der Waals surface area contributed by atoms with Crippen LogP contribution in [0.2, 0.25) is 0 Å². The first-order chi connectivity index (χ1) is 9.65. The lowest BCUT2D eigenvalue weighted by Gasteiger charge is -2.25. The highest BCUT2D eigenvalue weighted by atomic mass is 79.9. The van der Waals surface area contributed by atoms with E-state index in [0.29, 0.717) is 11.3 Å². The molecular formula is C16H22Br2N2O. The zero-order chi connectivity index (χ0) is 15.8. The molecule has 0 aliphatic heterocycles. The summed E-state index contributed by atoms with van der Waals surface area (Å²) < 4.78 is 1.02. The van der Waals surface area contributed by atoms with Gasteiger partial charge in [-0.05, 0) is 41.9 Å². The average Bonchev–Trinajstić information content (AvgIpc) is 2.64. The van der Waals surface area contributed by atoms with Gasteiger partial charge in [-0.15, -0.1) is 0 Å². The number of rotatable bonds is 4. The number of alkyl halides is 1. The normalized spacial score (nSPS) is 15.3. The Morgan fingerprint density at radius 2 is 1.76 bits per heavy atom. The molecule has 0 bridgehead atoms. The summed E-state index contributed by atoms with van der Waals surface area (Å²) >= 11 is 7.42. The topological polar surface area (TPSA) is 48.6 Å². The van der Waals surface area contributed by atoms with Gasteiger partial charge in [-0.3, -0.25) is 0 Å². The van der Waals surface area contributed by atoms with Gasteiger partial charge in [0.1, 0.15) is 0 Å². The van der Waals surface area contributed by atoms with Crippen LogP contribution in [-0.2, 0) is 0 Å². The summed E-state index contributed by atoms with van der Waals surface area (Å²) in [7, 11) is 0. The van der Waals surface area contributed by atoms with Crippen molar-refractivity contribution in [3.63, 3.8) is 0 Å². The number of imidazole rings is 1. The predicted octanol–water partition coefficient (Wildman–Crippen LogP) is 5.52. The summed E-state index contributed by atoms with van der Waals surface area (Å²) in [6.07, 6.45) is 2.26. The van der Waals surface area contributed by atoms with E-state index in [9.17, 15) is 4.79 Å². The van der Waals surface area contributed by atoms with Crippen molar-refractivity contribution in [3.8, 4) is 0 Å². The molecule has 0 aliphatic carbocycles. The average molecular weight is 418 g/mol. The van der Waals surface area contributed by atoms with Gasteiger partial charge in [-0.1, -0.05) is 59.6 Å². The molecule has 5 heteroatoms. The fourth-order valence-corrected chi connectivity index (χ4v) is 4.87. The van der Waals surface area contributed by atoms with Crippen molar-refractivity contribution in [2.75, 3.05) is 0 Å². The lowest BCUT2D eigenvalue weighted by Crippen LogP contribution is -2.12. The Hall–Kier alpha value is -0.550. The van der Waals surface area contributed by atoms with Crippen molar-refractivity contribution in [2.45, 2.75) is 45.4 Å². The maximum atomic E-state index is 11.4. The van der Waals surface area contributed by atoms with Crippen LogP contribution in [0.5, 0.6) is 0 Å². The van der Waals surface area contributed by atoms with Crippen LogP contribution in [0.25, 0.3) is 11.0 Å². The van der Waals surface area contributed by atoms with Crippen molar-refractivity contribution in [2.24, 2.45) is 11.3 Å². The minimum atomic E-state index is -0.165. The molecule has 1 heterocycles. The smallest absolute Gasteiger partial charge is 0.306 e. The molecule has 0 radical (unpaired) electrons. The van der Waals surface area contributed by atoms with Crippen LogP contribution < -0.4 is 5.69 Å². The van der Waals surface area contributed by atoms with Gasteiger partial charge in [0.15, 0.2) is 0 Å². The number of hydrogen-bond donors (Lipinski definition) is 2. The molecule has 0 spiro atoms. The van der Waals surface area contributed by atoms with E-state index in [2.05, 4.69) is 69.5 Å². The third-order valence-corrected chi connectivity index (χ3v) is 5.09. The van der Waals surface area contributed by atoms with Crippen molar-refractivity contribution in [3.05, 3.63) is 32.7 Å². The van der Waals surface area contributed by atoms with E-state index in [1.54, 1.807) is 0 Å². The molecule has 2 rings (SSSR count). The van der Waals surface area contributed by atoms with Crippen LogP contribution in [0.4, 0.5) is 0 Å². The van der Waals surface area contributed by atoms with Gasteiger partial charge in [-0.25, -0.2) is 4.79 Å². The summed E-state index contributed by atoms with van der Waals surface area (Å²) in [6.45, 7) is 9.13. The van der Waals surface area contributed by atoms with E-state index in [4.69, 9.17) is 0 Å². The minimum Gasteiger partial charge on any atom is -0.306 e. The van der Waals surface area contributed by atoms with Crippen molar-refractivity contribution >= 4 is 42.9 Å². The number of aromatic nitrogens is 2. The Kier molecular flexibility index (Phi) is 5.03. The molecule has 0 amide bonds. The Labute approximate surface area is 142 Å². The summed E-state index contributed by atoms with van der Waals surface area (Å²) in [5, 5.41) is 0. The van der Waals surface area contributed by atoms with Gasteiger partial charge in [0.25, 0.3) is 0 Å². The maximum Gasteiger partial charge on any atom is 0.323 e. The molecule has 0 saturated carbocycles. The molecule has 116 valence electrons. The van der Waals surface area contributed by atoms with Gasteiger partial charge in [0.2, 0.25) is 0 Å². The van der Waals surface area contributed by atoms with Crippen LogP contribution in [0.15, 0.2) is 21.4 Å². The number of H-pyrrole nitrogens is 2. The van der Waals surface area contributed by atoms with Gasteiger partial charge < -0.3 is 9.97 Å². The van der Waals surface area contributed by atoms with Crippen LogP contribution in [0.3, 0.4) is 0 Å². The summed E-state index contributed by atoms with van der Waals surface area (Å²) in [6, 6.07) is 4.01. The fourth-order valence-electron chi connectivity index (χ4n) is 2.92. The van der Waals surface area contributed by atoms with Crippen LogP contribution >= 0.6 is 31.9 Å². The van der Waals surface area contributed by atoms with Crippen LogP contribution in [-0.4, -0.2) is 9.97 Å². The first-order valence-electron chi connectivity index (χ1n) is 7.21. The lowest BCUT2D eigenvalue weighted by atomic mass is 9.83. The fraction of sp³-hybridized carbons (Fsp3) is 0.562. The third-order valence-electron chi connectivity index (χ3n) is 3.54. The van der Waals surface area contributed by atoms with Crippen LogP contribution in [0.1, 0.15) is 50.9 Å². The summed E-state index contributed by atoms with van der Waals surface area (Å²) in [5.41, 5.74) is 3.04. The van der Waals surface area contributed by atoms with Crippen molar-refractivity contribution < 1.29 is 0 Å². The maximum absolute atomic E-state index is 11.4. The first kappa shape index (κ1) is 16.8. The number of aromatic amines is 2. The monoisotopic (exact) mass is 416 g/mol. The zero-order valence-electron chi connectivity index (χ0n) is 12.9. The lowest BCUT2D eigenvalue weighted by molar-refractivity contribution is 0.296. The molecule has 1 aromatic carbocycles. The van der Waals surface area contributed by atoms with Crippen LogP contribution in [0, 0.1) is 11.3 Å². The number of benzene rings is 1. The number of hydrogen-bond acceptors (Lipinski definition) is 1. The Bertz CT molecular complexity index is 682. The summed E-state index contributed by atoms with van der Waals surface area (Å²) in [4.78, 5) is 17.2.